The lowest BCUT2D eigenvalue weighted by atomic mass is 10.0. The van der Waals surface area contributed by atoms with Crippen molar-refractivity contribution in [2.75, 3.05) is 13.1 Å². The molecule has 26 heavy (non-hydrogen) atoms. The summed E-state index contributed by atoms with van der Waals surface area (Å²) in [7, 11) is 0. The molecule has 2 aromatic heterocycles. The first-order chi connectivity index (χ1) is 12.6. The van der Waals surface area contributed by atoms with E-state index in [0.717, 1.165) is 53.9 Å². The fraction of sp³-hybridized carbons (Fsp3) is 0.400. The molecular weight excluding hydrogens is 412 g/mol. The molecule has 0 spiro atoms. The summed E-state index contributed by atoms with van der Waals surface area (Å²) in [5, 5.41) is -0.134. The van der Waals surface area contributed by atoms with Gasteiger partial charge >= 0.3 is 0 Å². The summed E-state index contributed by atoms with van der Waals surface area (Å²) in [5.74, 6) is 0.925. The SMILES string of the molecule is CC(Cl)c1nc2cc(Br)cnc2n1C1CCN(Cc2ccccc2)CC1. The number of halogens is 2. The lowest BCUT2D eigenvalue weighted by Gasteiger charge is -2.33. The summed E-state index contributed by atoms with van der Waals surface area (Å²) in [6.45, 7) is 5.15. The van der Waals surface area contributed by atoms with Gasteiger partial charge in [0.25, 0.3) is 0 Å². The maximum atomic E-state index is 6.44. The second-order valence-corrected chi connectivity index (χ2v) is 8.52. The van der Waals surface area contributed by atoms with Crippen molar-refractivity contribution in [1.82, 2.24) is 19.4 Å². The van der Waals surface area contributed by atoms with Gasteiger partial charge < -0.3 is 4.57 Å². The van der Waals surface area contributed by atoms with Gasteiger partial charge in [0.15, 0.2) is 5.65 Å². The normalized spacial score (nSPS) is 17.7. The Balaban J connectivity index is 1.54. The van der Waals surface area contributed by atoms with Crippen LogP contribution in [0.5, 0.6) is 0 Å². The molecule has 0 radical (unpaired) electrons. The van der Waals surface area contributed by atoms with Gasteiger partial charge in [-0.3, -0.25) is 4.90 Å². The Morgan fingerprint density at radius 3 is 2.65 bits per heavy atom. The van der Waals surface area contributed by atoms with Crippen molar-refractivity contribution in [3.8, 4) is 0 Å². The van der Waals surface area contributed by atoms with E-state index in [1.54, 1.807) is 0 Å². The predicted octanol–water partition coefficient (Wildman–Crippen LogP) is 5.33. The summed E-state index contributed by atoms with van der Waals surface area (Å²) in [6, 6.07) is 13.1. The molecular formula is C20H22BrClN4. The third kappa shape index (κ3) is 3.66. The number of nitrogens with zero attached hydrogens (tertiary/aromatic N) is 4. The standard InChI is InChI=1S/C20H22BrClN4/c1-14(22)19-24-18-11-16(21)12-23-20(18)26(19)17-7-9-25(10-8-17)13-15-5-3-2-4-6-15/h2-6,11-12,14,17H,7-10,13H2,1H3. The first-order valence-electron chi connectivity index (χ1n) is 9.05. The minimum Gasteiger partial charge on any atom is -0.308 e. The molecule has 136 valence electrons. The first kappa shape index (κ1) is 18.0. The van der Waals surface area contributed by atoms with Crippen LogP contribution in [0, 0.1) is 0 Å². The Bertz CT molecular complexity index is 885. The second-order valence-electron chi connectivity index (χ2n) is 6.95. The summed E-state index contributed by atoms with van der Waals surface area (Å²) >= 11 is 9.93. The van der Waals surface area contributed by atoms with E-state index in [4.69, 9.17) is 16.6 Å². The average molecular weight is 434 g/mol. The van der Waals surface area contributed by atoms with Crippen LogP contribution in [0.3, 0.4) is 0 Å². The molecule has 3 aromatic rings. The number of rotatable bonds is 4. The molecule has 4 nitrogen and oxygen atoms in total. The Kier molecular flexibility index (Phi) is 5.30. The molecule has 1 atom stereocenters. The van der Waals surface area contributed by atoms with Gasteiger partial charge in [0.1, 0.15) is 11.3 Å². The van der Waals surface area contributed by atoms with Crippen LogP contribution in [-0.2, 0) is 6.54 Å². The minimum atomic E-state index is -0.134. The van der Waals surface area contributed by atoms with Gasteiger partial charge in [0.05, 0.1) is 5.38 Å². The number of fused-ring (bicyclic) bond motifs is 1. The quantitative estimate of drug-likeness (QED) is 0.521. The Hall–Kier alpha value is -1.43. The van der Waals surface area contributed by atoms with Crippen molar-refractivity contribution in [2.45, 2.75) is 37.7 Å². The molecule has 1 aliphatic rings. The maximum absolute atomic E-state index is 6.44. The third-order valence-electron chi connectivity index (χ3n) is 5.05. The van der Waals surface area contributed by atoms with Gasteiger partial charge in [-0.05, 0) is 47.3 Å². The molecule has 0 saturated carbocycles. The number of benzene rings is 1. The monoisotopic (exact) mass is 432 g/mol. The molecule has 1 fully saturated rings. The average Bonchev–Trinajstić information content (AvgIpc) is 3.02. The third-order valence-corrected chi connectivity index (χ3v) is 5.68. The summed E-state index contributed by atoms with van der Waals surface area (Å²) in [4.78, 5) is 11.9. The van der Waals surface area contributed by atoms with Crippen molar-refractivity contribution in [1.29, 1.82) is 0 Å². The smallest absolute Gasteiger partial charge is 0.160 e. The van der Waals surface area contributed by atoms with Crippen LogP contribution in [0.25, 0.3) is 11.2 Å². The predicted molar refractivity (Wildman–Crippen MR) is 109 cm³/mol. The molecule has 1 unspecified atom stereocenters. The van der Waals surface area contributed by atoms with Gasteiger partial charge in [-0.1, -0.05) is 30.3 Å². The van der Waals surface area contributed by atoms with Crippen LogP contribution in [0.15, 0.2) is 47.1 Å². The first-order valence-corrected chi connectivity index (χ1v) is 10.3. The highest BCUT2D eigenvalue weighted by molar-refractivity contribution is 9.10. The van der Waals surface area contributed by atoms with Crippen molar-refractivity contribution in [3.05, 3.63) is 58.5 Å². The number of imidazole rings is 1. The molecule has 6 heteroatoms. The molecule has 1 aliphatic heterocycles. The number of likely N-dealkylation sites (tertiary alicyclic amines) is 1. The Morgan fingerprint density at radius 2 is 1.96 bits per heavy atom. The van der Waals surface area contributed by atoms with E-state index in [9.17, 15) is 0 Å². The van der Waals surface area contributed by atoms with Crippen molar-refractivity contribution in [3.63, 3.8) is 0 Å². The van der Waals surface area contributed by atoms with Gasteiger partial charge in [0, 0.05) is 36.3 Å². The second kappa shape index (κ2) is 7.67. The van der Waals surface area contributed by atoms with E-state index in [2.05, 4.69) is 60.7 Å². The largest absolute Gasteiger partial charge is 0.308 e. The zero-order valence-corrected chi connectivity index (χ0v) is 17.1. The zero-order chi connectivity index (χ0) is 18.1. The van der Waals surface area contributed by atoms with Crippen LogP contribution in [0.2, 0.25) is 0 Å². The number of hydrogen-bond donors (Lipinski definition) is 0. The van der Waals surface area contributed by atoms with Crippen LogP contribution in [0.4, 0.5) is 0 Å². The van der Waals surface area contributed by atoms with E-state index in [1.165, 1.54) is 5.56 Å². The van der Waals surface area contributed by atoms with Crippen LogP contribution in [0.1, 0.15) is 42.6 Å². The fourth-order valence-electron chi connectivity index (χ4n) is 3.79. The summed E-state index contributed by atoms with van der Waals surface area (Å²) in [6.07, 6.45) is 4.02. The van der Waals surface area contributed by atoms with Crippen molar-refractivity contribution >= 4 is 38.7 Å². The van der Waals surface area contributed by atoms with E-state index < -0.39 is 0 Å². The van der Waals surface area contributed by atoms with Crippen LogP contribution in [-0.4, -0.2) is 32.5 Å². The lowest BCUT2D eigenvalue weighted by Crippen LogP contribution is -2.34. The fourth-order valence-corrected chi connectivity index (χ4v) is 4.27. The van der Waals surface area contributed by atoms with Crippen LogP contribution < -0.4 is 0 Å². The molecule has 1 aromatic carbocycles. The van der Waals surface area contributed by atoms with E-state index in [0.29, 0.717) is 6.04 Å². The number of alkyl halides is 1. The van der Waals surface area contributed by atoms with Crippen LogP contribution >= 0.6 is 27.5 Å². The number of pyridine rings is 1. The van der Waals surface area contributed by atoms with Crippen molar-refractivity contribution < 1.29 is 0 Å². The molecule has 0 amide bonds. The molecule has 0 N–H and O–H groups in total. The number of aromatic nitrogens is 3. The van der Waals surface area contributed by atoms with E-state index in [-0.39, 0.29) is 5.38 Å². The molecule has 1 saturated heterocycles. The van der Waals surface area contributed by atoms with Gasteiger partial charge in [-0.2, -0.15) is 0 Å². The summed E-state index contributed by atoms with van der Waals surface area (Å²) in [5.41, 5.74) is 3.23. The topological polar surface area (TPSA) is 34.0 Å². The molecule has 0 aliphatic carbocycles. The minimum absolute atomic E-state index is 0.134. The van der Waals surface area contributed by atoms with Gasteiger partial charge in [0.2, 0.25) is 0 Å². The lowest BCUT2D eigenvalue weighted by molar-refractivity contribution is 0.179. The Labute approximate surface area is 167 Å². The van der Waals surface area contributed by atoms with E-state index in [1.807, 2.05) is 19.2 Å². The highest BCUT2D eigenvalue weighted by Crippen LogP contribution is 2.33. The number of piperidine rings is 1. The number of hydrogen-bond acceptors (Lipinski definition) is 3. The summed E-state index contributed by atoms with van der Waals surface area (Å²) < 4.78 is 3.22. The highest BCUT2D eigenvalue weighted by atomic mass is 79.9. The molecule has 0 bridgehead atoms. The van der Waals surface area contributed by atoms with Gasteiger partial charge in [-0.15, -0.1) is 11.6 Å². The van der Waals surface area contributed by atoms with Gasteiger partial charge in [-0.25, -0.2) is 9.97 Å². The van der Waals surface area contributed by atoms with Crippen molar-refractivity contribution in [2.24, 2.45) is 0 Å². The van der Waals surface area contributed by atoms with E-state index >= 15 is 0 Å². The maximum Gasteiger partial charge on any atom is 0.160 e. The highest BCUT2D eigenvalue weighted by Gasteiger charge is 2.26. The molecule has 4 rings (SSSR count). The zero-order valence-electron chi connectivity index (χ0n) is 14.8. The molecule has 3 heterocycles. The Morgan fingerprint density at radius 1 is 1.23 bits per heavy atom.